The molecule has 4 unspecified atom stereocenters. The summed E-state index contributed by atoms with van der Waals surface area (Å²) in [5, 5.41) is -0.348. The van der Waals surface area contributed by atoms with Gasteiger partial charge in [-0.15, -0.1) is 0 Å². The molecule has 0 aliphatic rings. The van der Waals surface area contributed by atoms with Gasteiger partial charge in [-0.3, -0.25) is 4.79 Å². The van der Waals surface area contributed by atoms with Crippen molar-refractivity contribution < 1.29 is 9.58 Å². The summed E-state index contributed by atoms with van der Waals surface area (Å²) >= 11 is 4.28. The molecule has 0 fully saturated rings. The van der Waals surface area contributed by atoms with Crippen LogP contribution in [0, 0.1) is 17.8 Å². The van der Waals surface area contributed by atoms with Crippen molar-refractivity contribution in [3.63, 3.8) is 0 Å². The zero-order chi connectivity index (χ0) is 17.0. The third-order valence-corrected chi connectivity index (χ3v) is 5.09. The van der Waals surface area contributed by atoms with Gasteiger partial charge in [0, 0.05) is 0 Å². The van der Waals surface area contributed by atoms with Crippen LogP contribution in [0.15, 0.2) is 0 Å². The van der Waals surface area contributed by atoms with Gasteiger partial charge in [0.2, 0.25) is 5.78 Å². The van der Waals surface area contributed by atoms with E-state index in [4.69, 9.17) is 5.53 Å². The SMILES string of the molecule is CCC(C)CCCC(C)CCCC(C)CC(S)C(=O)C=[N+]=[N-]. The second kappa shape index (κ2) is 12.9. The van der Waals surface area contributed by atoms with Gasteiger partial charge in [0.05, 0.1) is 5.25 Å². The summed E-state index contributed by atoms with van der Waals surface area (Å²) < 4.78 is 0. The zero-order valence-electron chi connectivity index (χ0n) is 14.8. The molecule has 0 rings (SSSR count). The van der Waals surface area contributed by atoms with E-state index in [1.165, 1.54) is 38.5 Å². The van der Waals surface area contributed by atoms with E-state index in [1.807, 2.05) is 0 Å². The molecule has 0 bridgehead atoms. The molecule has 0 N–H and O–H groups in total. The van der Waals surface area contributed by atoms with Crippen molar-refractivity contribution in [2.75, 3.05) is 0 Å². The topological polar surface area (TPSA) is 53.5 Å². The maximum atomic E-state index is 11.5. The number of thiol groups is 1. The minimum atomic E-state index is -0.348. The number of hydrogen-bond donors (Lipinski definition) is 1. The number of nitrogens with zero attached hydrogens (tertiary/aromatic N) is 2. The molecule has 0 aliphatic carbocycles. The molecule has 0 aromatic carbocycles. The van der Waals surface area contributed by atoms with Crippen molar-refractivity contribution in [2.24, 2.45) is 17.8 Å². The van der Waals surface area contributed by atoms with Gasteiger partial charge in [0.15, 0.2) is 0 Å². The third kappa shape index (κ3) is 11.0. The lowest BCUT2D eigenvalue weighted by Crippen LogP contribution is -2.19. The Morgan fingerprint density at radius 3 is 2.05 bits per heavy atom. The van der Waals surface area contributed by atoms with Gasteiger partial charge in [-0.05, 0) is 24.2 Å². The van der Waals surface area contributed by atoms with Crippen LogP contribution in [0.3, 0.4) is 0 Å². The quantitative estimate of drug-likeness (QED) is 0.215. The van der Waals surface area contributed by atoms with Crippen LogP contribution in [0.5, 0.6) is 0 Å². The van der Waals surface area contributed by atoms with E-state index in [1.54, 1.807) is 0 Å². The standard InChI is InChI=1S/C18H34N2OS/c1-5-14(2)8-6-9-15(3)10-7-11-16(4)12-18(22)17(21)13-20-19/h13-16,18,22H,5-12H2,1-4H3. The second-order valence-electron chi connectivity index (χ2n) is 6.98. The van der Waals surface area contributed by atoms with Crippen LogP contribution in [0.1, 0.15) is 79.1 Å². The number of Topliss-reactive ketones (excluding diaryl/α,β-unsaturated/α-hetero) is 1. The van der Waals surface area contributed by atoms with Gasteiger partial charge >= 0.3 is 6.21 Å². The van der Waals surface area contributed by atoms with Crippen molar-refractivity contribution in [1.29, 1.82) is 0 Å². The molecular weight excluding hydrogens is 292 g/mol. The molecule has 0 aliphatic heterocycles. The number of rotatable bonds is 13. The van der Waals surface area contributed by atoms with Crippen molar-refractivity contribution in [3.05, 3.63) is 5.53 Å². The Hall–Kier alpha value is -0.600. The lowest BCUT2D eigenvalue weighted by atomic mass is 9.91. The molecule has 4 atom stereocenters. The van der Waals surface area contributed by atoms with Gasteiger partial charge in [0.1, 0.15) is 0 Å². The molecule has 0 radical (unpaired) electrons. The number of hydrogen-bond acceptors (Lipinski definition) is 2. The number of ketones is 1. The van der Waals surface area contributed by atoms with E-state index < -0.39 is 0 Å². The van der Waals surface area contributed by atoms with E-state index >= 15 is 0 Å². The van der Waals surface area contributed by atoms with Crippen LogP contribution in [0.2, 0.25) is 0 Å². The Morgan fingerprint density at radius 2 is 1.55 bits per heavy atom. The molecule has 0 saturated heterocycles. The van der Waals surface area contributed by atoms with Crippen LogP contribution < -0.4 is 0 Å². The van der Waals surface area contributed by atoms with Crippen molar-refractivity contribution in [1.82, 2.24) is 0 Å². The smallest absolute Gasteiger partial charge is 0.324 e. The molecule has 0 amide bonds. The van der Waals surface area contributed by atoms with Gasteiger partial charge in [0.25, 0.3) is 0 Å². The van der Waals surface area contributed by atoms with Gasteiger partial charge in [-0.2, -0.15) is 17.4 Å². The summed E-state index contributed by atoms with van der Waals surface area (Å²) in [6.45, 7) is 9.12. The highest BCUT2D eigenvalue weighted by molar-refractivity contribution is 7.82. The van der Waals surface area contributed by atoms with E-state index in [2.05, 4.69) is 45.1 Å². The van der Waals surface area contributed by atoms with Crippen LogP contribution in [-0.2, 0) is 4.79 Å². The first kappa shape index (κ1) is 21.4. The normalized spacial score (nSPS) is 16.4. The molecule has 0 aromatic heterocycles. The van der Waals surface area contributed by atoms with Gasteiger partial charge in [-0.25, -0.2) is 0 Å². The monoisotopic (exact) mass is 326 g/mol. The second-order valence-corrected chi connectivity index (χ2v) is 7.61. The van der Waals surface area contributed by atoms with E-state index in [9.17, 15) is 4.79 Å². The molecule has 4 heteroatoms. The zero-order valence-corrected chi connectivity index (χ0v) is 15.7. The highest BCUT2D eigenvalue weighted by Gasteiger charge is 2.18. The molecule has 128 valence electrons. The van der Waals surface area contributed by atoms with Crippen molar-refractivity contribution in [2.45, 2.75) is 84.3 Å². The highest BCUT2D eigenvalue weighted by Crippen LogP contribution is 2.22. The number of carbonyl (C=O) groups excluding carboxylic acids is 1. The summed E-state index contributed by atoms with van der Waals surface area (Å²) in [6, 6.07) is 0. The molecule has 0 aromatic rings. The summed E-state index contributed by atoms with van der Waals surface area (Å²) in [4.78, 5) is 14.2. The first-order valence-corrected chi connectivity index (χ1v) is 9.31. The maximum Gasteiger partial charge on any atom is 0.324 e. The Balaban J connectivity index is 3.76. The first-order chi connectivity index (χ1) is 10.4. The molecule has 0 spiro atoms. The minimum absolute atomic E-state index is 0.212. The van der Waals surface area contributed by atoms with E-state index in [-0.39, 0.29) is 11.0 Å². The maximum absolute atomic E-state index is 11.5. The Labute approximate surface area is 142 Å². The Kier molecular flexibility index (Phi) is 12.5. The average Bonchev–Trinajstić information content (AvgIpc) is 2.47. The van der Waals surface area contributed by atoms with Gasteiger partial charge < -0.3 is 5.53 Å². The fourth-order valence-corrected chi connectivity index (χ4v) is 3.16. The van der Waals surface area contributed by atoms with Crippen LogP contribution in [-0.4, -0.2) is 22.0 Å². The van der Waals surface area contributed by atoms with Crippen molar-refractivity contribution >= 4 is 24.6 Å². The molecular formula is C18H34N2OS. The molecule has 22 heavy (non-hydrogen) atoms. The molecule has 3 nitrogen and oxygen atoms in total. The van der Waals surface area contributed by atoms with E-state index in [0.29, 0.717) is 5.92 Å². The van der Waals surface area contributed by atoms with Crippen LogP contribution >= 0.6 is 12.6 Å². The fraction of sp³-hybridized carbons (Fsp3) is 0.889. The Morgan fingerprint density at radius 1 is 1.05 bits per heavy atom. The van der Waals surface area contributed by atoms with E-state index in [0.717, 1.165) is 30.9 Å². The van der Waals surface area contributed by atoms with Crippen LogP contribution in [0.25, 0.3) is 5.53 Å². The number of carbonyl (C=O) groups is 1. The summed E-state index contributed by atoms with van der Waals surface area (Å²) in [5.74, 6) is 1.92. The largest absolute Gasteiger partial charge is 0.361 e. The van der Waals surface area contributed by atoms with Crippen molar-refractivity contribution in [3.8, 4) is 0 Å². The predicted molar refractivity (Wildman–Crippen MR) is 97.6 cm³/mol. The lowest BCUT2D eigenvalue weighted by molar-refractivity contribution is -0.115. The minimum Gasteiger partial charge on any atom is -0.361 e. The first-order valence-electron chi connectivity index (χ1n) is 8.79. The average molecular weight is 327 g/mol. The fourth-order valence-electron chi connectivity index (χ4n) is 2.74. The van der Waals surface area contributed by atoms with Gasteiger partial charge in [-0.1, -0.05) is 72.6 Å². The van der Waals surface area contributed by atoms with Crippen LogP contribution in [0.4, 0.5) is 0 Å². The summed E-state index contributed by atoms with van der Waals surface area (Å²) in [7, 11) is 0. The highest BCUT2D eigenvalue weighted by atomic mass is 32.1. The predicted octanol–water partition coefficient (Wildman–Crippen LogP) is 5.20. The summed E-state index contributed by atoms with van der Waals surface area (Å²) in [6.07, 6.45) is 10.6. The lowest BCUT2D eigenvalue weighted by Gasteiger charge is -2.16. The molecule has 0 saturated carbocycles. The Bertz CT molecular complexity index is 353. The third-order valence-electron chi connectivity index (χ3n) is 4.62. The molecule has 0 heterocycles. The summed E-state index contributed by atoms with van der Waals surface area (Å²) in [5.41, 5.74) is 8.36.